The number of hydrogen-bond donors (Lipinski definition) is 0. The average molecular weight is 261 g/mol. The maximum Gasteiger partial charge on any atom is 0.323 e. The van der Waals surface area contributed by atoms with Crippen LogP contribution in [0, 0.1) is 5.92 Å². The molecule has 0 aliphatic carbocycles. The fourth-order valence-electron chi connectivity index (χ4n) is 2.91. The third kappa shape index (κ3) is 3.16. The first-order valence-electron chi connectivity index (χ1n) is 7.02. The summed E-state index contributed by atoms with van der Waals surface area (Å²) in [6, 6.07) is 10.5. The molecule has 104 valence electrons. The van der Waals surface area contributed by atoms with Crippen LogP contribution in [0.1, 0.15) is 38.3 Å². The summed E-state index contributed by atoms with van der Waals surface area (Å²) < 4.78 is 4.97. The Hall–Kier alpha value is -1.35. The summed E-state index contributed by atoms with van der Waals surface area (Å²) in [5.74, 6) is 0.484. The molecule has 1 fully saturated rings. The van der Waals surface area contributed by atoms with E-state index < -0.39 is 0 Å². The smallest absolute Gasteiger partial charge is 0.323 e. The number of benzene rings is 1. The van der Waals surface area contributed by atoms with Gasteiger partial charge in [-0.1, -0.05) is 37.3 Å². The van der Waals surface area contributed by atoms with Crippen LogP contribution in [0.4, 0.5) is 0 Å². The van der Waals surface area contributed by atoms with E-state index in [1.54, 1.807) is 0 Å². The first kappa shape index (κ1) is 14.1. The Bertz CT molecular complexity index is 418. The molecule has 1 aliphatic heterocycles. The fourth-order valence-corrected chi connectivity index (χ4v) is 2.91. The Morgan fingerprint density at radius 1 is 1.37 bits per heavy atom. The maximum absolute atomic E-state index is 12.0. The van der Waals surface area contributed by atoms with Crippen LogP contribution in [-0.2, 0) is 9.53 Å². The summed E-state index contributed by atoms with van der Waals surface area (Å²) in [7, 11) is 1.48. The minimum atomic E-state index is -0.107. The summed E-state index contributed by atoms with van der Waals surface area (Å²) in [5, 5.41) is 0. The van der Waals surface area contributed by atoms with Crippen molar-refractivity contribution in [2.45, 2.75) is 38.8 Å². The van der Waals surface area contributed by atoms with Gasteiger partial charge in [-0.3, -0.25) is 9.69 Å². The first-order valence-corrected chi connectivity index (χ1v) is 7.02. The van der Waals surface area contributed by atoms with Crippen molar-refractivity contribution in [1.29, 1.82) is 0 Å². The Labute approximate surface area is 115 Å². The molecule has 0 N–H and O–H groups in total. The summed E-state index contributed by atoms with van der Waals surface area (Å²) in [5.41, 5.74) is 1.26. The number of rotatable bonds is 3. The van der Waals surface area contributed by atoms with Gasteiger partial charge in [0.25, 0.3) is 0 Å². The normalized spacial score (nSPS) is 25.8. The lowest BCUT2D eigenvalue weighted by molar-refractivity contribution is -0.150. The standard InChI is InChI=1S/C16H23NO2/c1-12-9-10-17(15(11-12)16(18)19-3)13(2)14-7-5-4-6-8-14/h4-8,12-13,15H,9-11H2,1-3H3/t12?,13-,15-/m1/s1. The van der Waals surface area contributed by atoms with Gasteiger partial charge >= 0.3 is 5.97 Å². The quantitative estimate of drug-likeness (QED) is 0.783. The van der Waals surface area contributed by atoms with Crippen molar-refractivity contribution in [3.05, 3.63) is 35.9 Å². The SMILES string of the molecule is COC(=O)[C@H]1CC(C)CCN1[C@H](C)c1ccccc1. The third-order valence-electron chi connectivity index (χ3n) is 4.16. The summed E-state index contributed by atoms with van der Waals surface area (Å²) >= 11 is 0. The molecule has 2 rings (SSSR count). The van der Waals surface area contributed by atoms with Crippen LogP contribution < -0.4 is 0 Å². The molecule has 0 bridgehead atoms. The van der Waals surface area contributed by atoms with Crippen LogP contribution in [0.3, 0.4) is 0 Å². The molecule has 1 heterocycles. The molecule has 3 atom stereocenters. The van der Waals surface area contributed by atoms with E-state index in [-0.39, 0.29) is 18.1 Å². The van der Waals surface area contributed by atoms with E-state index in [4.69, 9.17) is 4.74 Å². The van der Waals surface area contributed by atoms with E-state index in [1.165, 1.54) is 12.7 Å². The lowest BCUT2D eigenvalue weighted by Crippen LogP contribution is -2.48. The number of hydrogen-bond acceptors (Lipinski definition) is 3. The summed E-state index contributed by atoms with van der Waals surface area (Å²) in [4.78, 5) is 14.3. The number of carbonyl (C=O) groups is 1. The number of nitrogens with zero attached hydrogens (tertiary/aromatic N) is 1. The predicted octanol–water partition coefficient (Wildman–Crippen LogP) is 3.02. The van der Waals surface area contributed by atoms with Gasteiger partial charge in [0.05, 0.1) is 7.11 Å². The topological polar surface area (TPSA) is 29.5 Å². The minimum Gasteiger partial charge on any atom is -0.468 e. The average Bonchev–Trinajstić information content (AvgIpc) is 2.46. The molecule has 0 radical (unpaired) electrons. The van der Waals surface area contributed by atoms with E-state index in [0.717, 1.165) is 19.4 Å². The summed E-state index contributed by atoms with van der Waals surface area (Å²) in [6.07, 6.45) is 2.04. The monoisotopic (exact) mass is 261 g/mol. The van der Waals surface area contributed by atoms with Crippen molar-refractivity contribution in [2.24, 2.45) is 5.92 Å². The highest BCUT2D eigenvalue weighted by atomic mass is 16.5. The maximum atomic E-state index is 12.0. The molecule has 3 nitrogen and oxygen atoms in total. The van der Waals surface area contributed by atoms with Gasteiger partial charge in [0.1, 0.15) is 6.04 Å². The van der Waals surface area contributed by atoms with Gasteiger partial charge in [-0.25, -0.2) is 0 Å². The minimum absolute atomic E-state index is 0.102. The van der Waals surface area contributed by atoms with E-state index in [2.05, 4.69) is 30.9 Å². The Morgan fingerprint density at radius 3 is 2.68 bits per heavy atom. The number of methoxy groups -OCH3 is 1. The Kier molecular flexibility index (Phi) is 4.59. The van der Waals surface area contributed by atoms with Crippen LogP contribution >= 0.6 is 0 Å². The first-order chi connectivity index (χ1) is 9.13. The van der Waals surface area contributed by atoms with Crippen LogP contribution in [0.25, 0.3) is 0 Å². The molecule has 3 heteroatoms. The van der Waals surface area contributed by atoms with E-state index >= 15 is 0 Å². The molecule has 1 aliphatic rings. The largest absolute Gasteiger partial charge is 0.468 e. The van der Waals surface area contributed by atoms with Crippen molar-refractivity contribution >= 4 is 5.97 Å². The van der Waals surface area contributed by atoms with E-state index in [9.17, 15) is 4.79 Å². The van der Waals surface area contributed by atoms with Gasteiger partial charge in [0.15, 0.2) is 0 Å². The van der Waals surface area contributed by atoms with Crippen LogP contribution in [0.2, 0.25) is 0 Å². The van der Waals surface area contributed by atoms with Crippen molar-refractivity contribution in [3.63, 3.8) is 0 Å². The molecule has 0 spiro atoms. The fraction of sp³-hybridized carbons (Fsp3) is 0.562. The highest BCUT2D eigenvalue weighted by Gasteiger charge is 2.35. The molecule has 1 unspecified atom stereocenters. The number of carbonyl (C=O) groups excluding carboxylic acids is 1. The van der Waals surface area contributed by atoms with Gasteiger partial charge in [0.2, 0.25) is 0 Å². The molecule has 1 aromatic carbocycles. The van der Waals surface area contributed by atoms with E-state index in [1.807, 2.05) is 18.2 Å². The van der Waals surface area contributed by atoms with Gasteiger partial charge in [-0.15, -0.1) is 0 Å². The Morgan fingerprint density at radius 2 is 2.05 bits per heavy atom. The third-order valence-corrected chi connectivity index (χ3v) is 4.16. The van der Waals surface area contributed by atoms with Crippen molar-refractivity contribution in [1.82, 2.24) is 4.90 Å². The zero-order valence-corrected chi connectivity index (χ0v) is 12.0. The number of esters is 1. The number of piperidine rings is 1. The Balaban J connectivity index is 2.18. The zero-order chi connectivity index (χ0) is 13.8. The van der Waals surface area contributed by atoms with Crippen molar-refractivity contribution in [3.8, 4) is 0 Å². The lowest BCUT2D eigenvalue weighted by Gasteiger charge is -2.40. The number of ether oxygens (including phenoxy) is 1. The van der Waals surface area contributed by atoms with Crippen LogP contribution in [0.15, 0.2) is 30.3 Å². The second-order valence-corrected chi connectivity index (χ2v) is 5.49. The van der Waals surface area contributed by atoms with Gasteiger partial charge in [-0.2, -0.15) is 0 Å². The van der Waals surface area contributed by atoms with Gasteiger partial charge in [0, 0.05) is 6.04 Å². The van der Waals surface area contributed by atoms with Crippen LogP contribution in [0.5, 0.6) is 0 Å². The highest BCUT2D eigenvalue weighted by molar-refractivity contribution is 5.75. The highest BCUT2D eigenvalue weighted by Crippen LogP contribution is 2.31. The van der Waals surface area contributed by atoms with Gasteiger partial charge < -0.3 is 4.74 Å². The summed E-state index contributed by atoms with van der Waals surface area (Å²) in [6.45, 7) is 5.33. The predicted molar refractivity (Wildman–Crippen MR) is 75.8 cm³/mol. The lowest BCUT2D eigenvalue weighted by atomic mass is 9.90. The molecular weight excluding hydrogens is 238 g/mol. The molecule has 0 amide bonds. The second kappa shape index (κ2) is 6.20. The number of likely N-dealkylation sites (tertiary alicyclic amines) is 1. The van der Waals surface area contributed by atoms with Crippen molar-refractivity contribution in [2.75, 3.05) is 13.7 Å². The molecule has 19 heavy (non-hydrogen) atoms. The van der Waals surface area contributed by atoms with Crippen molar-refractivity contribution < 1.29 is 9.53 Å². The van der Waals surface area contributed by atoms with E-state index in [0.29, 0.717) is 5.92 Å². The molecule has 1 saturated heterocycles. The van der Waals surface area contributed by atoms with Crippen LogP contribution in [-0.4, -0.2) is 30.6 Å². The zero-order valence-electron chi connectivity index (χ0n) is 12.0. The second-order valence-electron chi connectivity index (χ2n) is 5.49. The molecule has 0 saturated carbocycles. The molecular formula is C16H23NO2. The van der Waals surface area contributed by atoms with Gasteiger partial charge in [-0.05, 0) is 37.8 Å². The molecule has 1 aromatic rings. The molecule has 0 aromatic heterocycles.